The number of nitrogens with zero attached hydrogens (tertiary/aromatic N) is 1. The second-order valence-corrected chi connectivity index (χ2v) is 5.94. The van der Waals surface area contributed by atoms with Crippen LogP contribution in [0.5, 0.6) is 0 Å². The molecular weight excluding hydrogens is 403 g/mol. The molecular formula is C14H10BrIN2. The molecule has 0 spiro atoms. The predicted molar refractivity (Wildman–Crippen MR) is 85.3 cm³/mol. The summed E-state index contributed by atoms with van der Waals surface area (Å²) in [6.07, 6.45) is 0. The van der Waals surface area contributed by atoms with Gasteiger partial charge in [-0.1, -0.05) is 28.1 Å². The minimum atomic E-state index is 0.648. The van der Waals surface area contributed by atoms with Crippen molar-refractivity contribution in [1.29, 1.82) is 5.26 Å². The number of hydrogen-bond acceptors (Lipinski definition) is 2. The smallest absolute Gasteiger partial charge is 0.101 e. The fourth-order valence-electron chi connectivity index (χ4n) is 1.56. The molecule has 2 aromatic carbocycles. The van der Waals surface area contributed by atoms with Crippen molar-refractivity contribution < 1.29 is 0 Å². The van der Waals surface area contributed by atoms with E-state index in [1.807, 2.05) is 18.2 Å². The van der Waals surface area contributed by atoms with Crippen molar-refractivity contribution in [3.05, 3.63) is 61.6 Å². The summed E-state index contributed by atoms with van der Waals surface area (Å²) in [5.74, 6) is 0. The topological polar surface area (TPSA) is 35.8 Å². The molecule has 4 heteroatoms. The maximum Gasteiger partial charge on any atom is 0.101 e. The number of hydrogen-bond donors (Lipinski definition) is 1. The van der Waals surface area contributed by atoms with Gasteiger partial charge in [-0.25, -0.2) is 0 Å². The molecule has 0 saturated heterocycles. The van der Waals surface area contributed by atoms with Crippen molar-refractivity contribution in [2.45, 2.75) is 6.54 Å². The normalized spacial score (nSPS) is 9.83. The molecule has 0 bridgehead atoms. The second-order valence-electron chi connectivity index (χ2n) is 3.78. The Labute approximate surface area is 128 Å². The zero-order valence-corrected chi connectivity index (χ0v) is 13.2. The van der Waals surface area contributed by atoms with Gasteiger partial charge in [0.05, 0.1) is 11.3 Å². The van der Waals surface area contributed by atoms with E-state index in [1.54, 1.807) is 0 Å². The molecule has 90 valence electrons. The zero-order chi connectivity index (χ0) is 13.0. The molecule has 0 aliphatic rings. The van der Waals surface area contributed by atoms with Gasteiger partial charge in [0.25, 0.3) is 0 Å². The fourth-order valence-corrected chi connectivity index (χ4v) is 2.28. The highest BCUT2D eigenvalue weighted by Gasteiger charge is 2.02. The third-order valence-corrected chi connectivity index (χ3v) is 3.71. The lowest BCUT2D eigenvalue weighted by atomic mass is 10.1. The van der Waals surface area contributed by atoms with E-state index >= 15 is 0 Å². The summed E-state index contributed by atoms with van der Waals surface area (Å²) in [5, 5.41) is 12.3. The number of anilines is 1. The number of nitriles is 1. The first-order valence-corrected chi connectivity index (χ1v) is 7.24. The molecule has 0 unspecified atom stereocenters. The van der Waals surface area contributed by atoms with Crippen LogP contribution < -0.4 is 5.32 Å². The molecule has 0 saturated carbocycles. The molecule has 0 atom stereocenters. The van der Waals surface area contributed by atoms with Crippen molar-refractivity contribution in [1.82, 2.24) is 0 Å². The summed E-state index contributed by atoms with van der Waals surface area (Å²) in [6.45, 7) is 0.716. The third kappa shape index (κ3) is 3.47. The Balaban J connectivity index is 2.11. The average molecular weight is 413 g/mol. The summed E-state index contributed by atoms with van der Waals surface area (Å²) < 4.78 is 2.14. The van der Waals surface area contributed by atoms with Gasteiger partial charge in [-0.05, 0) is 58.5 Å². The van der Waals surface area contributed by atoms with Crippen molar-refractivity contribution in [2.24, 2.45) is 0 Å². The van der Waals surface area contributed by atoms with Gasteiger partial charge < -0.3 is 5.32 Å². The minimum Gasteiger partial charge on any atom is -0.380 e. The number of rotatable bonds is 3. The lowest BCUT2D eigenvalue weighted by Crippen LogP contribution is -2.01. The minimum absolute atomic E-state index is 0.648. The van der Waals surface area contributed by atoms with Crippen LogP contribution >= 0.6 is 38.5 Å². The number of nitrogens with one attached hydrogen (secondary N) is 1. The first-order valence-electron chi connectivity index (χ1n) is 5.37. The van der Waals surface area contributed by atoms with E-state index in [-0.39, 0.29) is 0 Å². The highest BCUT2D eigenvalue weighted by molar-refractivity contribution is 14.1. The van der Waals surface area contributed by atoms with Crippen LogP contribution in [0.25, 0.3) is 0 Å². The molecule has 1 N–H and O–H groups in total. The highest BCUT2D eigenvalue weighted by Crippen LogP contribution is 2.21. The molecule has 0 aliphatic heterocycles. The van der Waals surface area contributed by atoms with Gasteiger partial charge in [-0.2, -0.15) is 5.26 Å². The SMILES string of the molecule is N#Cc1cc(Br)ccc1NCc1ccc(I)cc1. The van der Waals surface area contributed by atoms with Gasteiger partial charge in [0.1, 0.15) is 6.07 Å². The summed E-state index contributed by atoms with van der Waals surface area (Å²) in [5.41, 5.74) is 2.70. The highest BCUT2D eigenvalue weighted by atomic mass is 127. The van der Waals surface area contributed by atoms with E-state index in [0.29, 0.717) is 12.1 Å². The average Bonchev–Trinajstić information content (AvgIpc) is 2.39. The summed E-state index contributed by atoms with van der Waals surface area (Å²) in [4.78, 5) is 0. The molecule has 0 aliphatic carbocycles. The third-order valence-electron chi connectivity index (χ3n) is 2.50. The molecule has 0 heterocycles. The zero-order valence-electron chi connectivity index (χ0n) is 9.45. The van der Waals surface area contributed by atoms with E-state index in [9.17, 15) is 0 Å². The Morgan fingerprint density at radius 1 is 1.17 bits per heavy atom. The maximum atomic E-state index is 9.06. The Morgan fingerprint density at radius 2 is 1.89 bits per heavy atom. The second kappa shape index (κ2) is 6.21. The van der Waals surface area contributed by atoms with Gasteiger partial charge in [0.15, 0.2) is 0 Å². The largest absolute Gasteiger partial charge is 0.380 e. The van der Waals surface area contributed by atoms with Crippen LogP contribution in [-0.4, -0.2) is 0 Å². The Kier molecular flexibility index (Phi) is 4.61. The summed E-state index contributed by atoms with van der Waals surface area (Å²) in [7, 11) is 0. The van der Waals surface area contributed by atoms with Crippen LogP contribution in [0, 0.1) is 14.9 Å². The van der Waals surface area contributed by atoms with E-state index in [0.717, 1.165) is 10.2 Å². The summed E-state index contributed by atoms with van der Waals surface area (Å²) >= 11 is 5.64. The quantitative estimate of drug-likeness (QED) is 0.751. The first-order chi connectivity index (χ1) is 8.69. The van der Waals surface area contributed by atoms with Gasteiger partial charge in [-0.15, -0.1) is 0 Å². The van der Waals surface area contributed by atoms with Gasteiger partial charge in [0, 0.05) is 14.6 Å². The first kappa shape index (κ1) is 13.4. The fraction of sp³-hybridized carbons (Fsp3) is 0.0714. The van der Waals surface area contributed by atoms with E-state index in [2.05, 4.69) is 74.2 Å². The van der Waals surface area contributed by atoms with Crippen molar-refractivity contribution in [3.8, 4) is 6.07 Å². The molecule has 18 heavy (non-hydrogen) atoms. The Hall–Kier alpha value is -1.06. The lowest BCUT2D eigenvalue weighted by Gasteiger charge is -2.08. The van der Waals surface area contributed by atoms with Crippen LogP contribution in [0.2, 0.25) is 0 Å². The molecule has 2 rings (SSSR count). The predicted octanol–water partition coefficient (Wildman–Crippen LogP) is 4.54. The van der Waals surface area contributed by atoms with E-state index in [4.69, 9.17) is 5.26 Å². The van der Waals surface area contributed by atoms with Crippen LogP contribution in [0.3, 0.4) is 0 Å². The van der Waals surface area contributed by atoms with Gasteiger partial charge >= 0.3 is 0 Å². The molecule has 2 nitrogen and oxygen atoms in total. The standard InChI is InChI=1S/C14H10BrIN2/c15-12-3-6-14(11(7-12)8-17)18-9-10-1-4-13(16)5-2-10/h1-7,18H,9H2. The van der Waals surface area contributed by atoms with Gasteiger partial charge in [0.2, 0.25) is 0 Å². The molecule has 0 amide bonds. The maximum absolute atomic E-state index is 9.06. The molecule has 0 aromatic heterocycles. The lowest BCUT2D eigenvalue weighted by molar-refractivity contribution is 1.14. The molecule has 2 aromatic rings. The van der Waals surface area contributed by atoms with Crippen LogP contribution in [0.4, 0.5) is 5.69 Å². The Morgan fingerprint density at radius 3 is 2.56 bits per heavy atom. The van der Waals surface area contributed by atoms with Gasteiger partial charge in [-0.3, -0.25) is 0 Å². The van der Waals surface area contributed by atoms with Crippen LogP contribution in [-0.2, 0) is 6.54 Å². The molecule has 0 radical (unpaired) electrons. The van der Waals surface area contributed by atoms with Crippen molar-refractivity contribution in [3.63, 3.8) is 0 Å². The monoisotopic (exact) mass is 412 g/mol. The number of halogens is 2. The van der Waals surface area contributed by atoms with Crippen LogP contribution in [0.15, 0.2) is 46.9 Å². The van der Waals surface area contributed by atoms with Crippen LogP contribution in [0.1, 0.15) is 11.1 Å². The van der Waals surface area contributed by atoms with Crippen molar-refractivity contribution in [2.75, 3.05) is 5.32 Å². The number of benzene rings is 2. The summed E-state index contributed by atoms with van der Waals surface area (Å²) in [6, 6.07) is 16.2. The molecule has 0 fully saturated rings. The van der Waals surface area contributed by atoms with E-state index in [1.165, 1.54) is 9.13 Å². The van der Waals surface area contributed by atoms with Crippen molar-refractivity contribution >= 4 is 44.2 Å². The van der Waals surface area contributed by atoms with E-state index < -0.39 is 0 Å². The Bertz CT molecular complexity index is 588.